The summed E-state index contributed by atoms with van der Waals surface area (Å²) < 4.78 is 33.4. The Balaban J connectivity index is 2.18. The predicted octanol–water partition coefficient (Wildman–Crippen LogP) is 3.59. The van der Waals surface area contributed by atoms with Gasteiger partial charge in [0.05, 0.1) is 12.8 Å². The Hall–Kier alpha value is -1.79. The maximum Gasteiger partial charge on any atom is 0.262 e. The zero-order chi connectivity index (χ0) is 15.3. The van der Waals surface area contributed by atoms with Crippen LogP contribution in [0.4, 0.5) is 0 Å². The van der Waals surface area contributed by atoms with Crippen LogP contribution in [0.3, 0.4) is 0 Å². The molecule has 7 heteroatoms. The molecule has 5 nitrogen and oxygen atoms in total. The van der Waals surface area contributed by atoms with Gasteiger partial charge in [-0.25, -0.2) is 13.4 Å². The minimum Gasteiger partial charge on any atom is -0.490 e. The first-order valence-electron chi connectivity index (χ1n) is 6.31. The Labute approximate surface area is 127 Å². The van der Waals surface area contributed by atoms with Gasteiger partial charge in [0.15, 0.2) is 11.5 Å². The van der Waals surface area contributed by atoms with E-state index in [9.17, 15) is 8.42 Å². The summed E-state index contributed by atoms with van der Waals surface area (Å²) in [7, 11) is 1.44. The molecule has 2 rings (SSSR count). The second-order valence-electron chi connectivity index (χ2n) is 4.17. The minimum atomic E-state index is -3.78. The molecule has 0 aliphatic rings. The van der Waals surface area contributed by atoms with Gasteiger partial charge in [-0.05, 0) is 24.6 Å². The second-order valence-corrected chi connectivity index (χ2v) is 6.73. The van der Waals surface area contributed by atoms with Crippen LogP contribution in [0.25, 0.3) is 0 Å². The Bertz CT molecular complexity index is 701. The summed E-state index contributed by atoms with van der Waals surface area (Å²) in [4.78, 5) is 3.84. The van der Waals surface area contributed by atoms with E-state index in [1.54, 1.807) is 12.1 Å². The van der Waals surface area contributed by atoms with Crippen molar-refractivity contribution >= 4 is 19.7 Å². The van der Waals surface area contributed by atoms with Crippen LogP contribution in [0.1, 0.15) is 13.3 Å². The maximum atomic E-state index is 11.1. The molecule has 0 aliphatic heterocycles. The number of benzene rings is 1. The van der Waals surface area contributed by atoms with Gasteiger partial charge >= 0.3 is 0 Å². The van der Waals surface area contributed by atoms with Crippen molar-refractivity contribution in [1.82, 2.24) is 4.98 Å². The van der Waals surface area contributed by atoms with Crippen molar-refractivity contribution < 1.29 is 17.9 Å². The number of aromatic nitrogens is 1. The molecule has 0 saturated carbocycles. The van der Waals surface area contributed by atoms with E-state index in [4.69, 9.17) is 20.2 Å². The first kappa shape index (κ1) is 15.6. The minimum absolute atomic E-state index is 0.0768. The molecule has 0 N–H and O–H groups in total. The molecule has 0 unspecified atom stereocenters. The fraction of sp³-hybridized carbons (Fsp3) is 0.214. The van der Waals surface area contributed by atoms with Crippen molar-refractivity contribution in [3.05, 3.63) is 42.6 Å². The molecule has 0 bridgehead atoms. The van der Waals surface area contributed by atoms with Gasteiger partial charge in [-0.15, -0.1) is 0 Å². The van der Waals surface area contributed by atoms with Crippen LogP contribution in [-0.2, 0) is 9.05 Å². The molecule has 0 radical (unpaired) electrons. The number of nitrogens with zero attached hydrogens (tertiary/aromatic N) is 1. The Morgan fingerprint density at radius 3 is 2.43 bits per heavy atom. The van der Waals surface area contributed by atoms with Gasteiger partial charge in [0.25, 0.3) is 9.05 Å². The highest BCUT2D eigenvalue weighted by atomic mass is 35.7. The zero-order valence-corrected chi connectivity index (χ0v) is 12.9. The molecule has 0 amide bonds. The van der Waals surface area contributed by atoms with Crippen molar-refractivity contribution in [1.29, 1.82) is 0 Å². The smallest absolute Gasteiger partial charge is 0.262 e. The van der Waals surface area contributed by atoms with E-state index in [2.05, 4.69) is 4.98 Å². The largest absolute Gasteiger partial charge is 0.490 e. The van der Waals surface area contributed by atoms with E-state index >= 15 is 0 Å². The van der Waals surface area contributed by atoms with Crippen molar-refractivity contribution in [3.8, 4) is 17.4 Å². The van der Waals surface area contributed by atoms with Gasteiger partial charge in [-0.3, -0.25) is 0 Å². The van der Waals surface area contributed by atoms with E-state index in [-0.39, 0.29) is 10.8 Å². The van der Waals surface area contributed by atoms with E-state index in [0.717, 1.165) is 12.6 Å². The number of hydrogen-bond acceptors (Lipinski definition) is 5. The van der Waals surface area contributed by atoms with Crippen molar-refractivity contribution in [2.45, 2.75) is 18.2 Å². The van der Waals surface area contributed by atoms with E-state index in [1.807, 2.05) is 19.1 Å². The number of rotatable bonds is 6. The van der Waals surface area contributed by atoms with Crippen LogP contribution in [0.2, 0.25) is 0 Å². The first-order chi connectivity index (χ1) is 10.0. The lowest BCUT2D eigenvalue weighted by atomic mass is 10.3. The maximum absolute atomic E-state index is 11.1. The number of halogens is 1. The zero-order valence-electron chi connectivity index (χ0n) is 11.3. The molecule has 2 aromatic rings. The molecule has 112 valence electrons. The van der Waals surface area contributed by atoms with Crippen LogP contribution >= 0.6 is 10.7 Å². The lowest BCUT2D eigenvalue weighted by Crippen LogP contribution is -1.98. The van der Waals surface area contributed by atoms with Gasteiger partial charge in [-0.1, -0.05) is 19.1 Å². The molecular formula is C14H14ClNO4S. The molecule has 1 heterocycles. The SMILES string of the molecule is CCCOc1ccccc1Oc1ccc(S(=O)(=O)Cl)cn1. The van der Waals surface area contributed by atoms with Gasteiger partial charge in [-0.2, -0.15) is 0 Å². The first-order valence-corrected chi connectivity index (χ1v) is 8.62. The lowest BCUT2D eigenvalue weighted by molar-refractivity contribution is 0.300. The molecule has 0 saturated heterocycles. The highest BCUT2D eigenvalue weighted by Crippen LogP contribution is 2.30. The third-order valence-corrected chi connectivity index (χ3v) is 3.86. The van der Waals surface area contributed by atoms with Crippen molar-refractivity contribution in [2.24, 2.45) is 0 Å². The molecular weight excluding hydrogens is 314 g/mol. The fourth-order valence-electron chi connectivity index (χ4n) is 1.55. The summed E-state index contributed by atoms with van der Waals surface area (Å²) in [6, 6.07) is 9.97. The van der Waals surface area contributed by atoms with Crippen LogP contribution < -0.4 is 9.47 Å². The van der Waals surface area contributed by atoms with Crippen molar-refractivity contribution in [2.75, 3.05) is 6.61 Å². The monoisotopic (exact) mass is 327 g/mol. The normalized spacial score (nSPS) is 11.1. The Kier molecular flexibility index (Phi) is 5.03. The van der Waals surface area contributed by atoms with Gasteiger partial charge < -0.3 is 9.47 Å². The fourth-order valence-corrected chi connectivity index (χ4v) is 2.23. The summed E-state index contributed by atoms with van der Waals surface area (Å²) in [5.74, 6) is 1.38. The average Bonchev–Trinajstić information content (AvgIpc) is 2.46. The summed E-state index contributed by atoms with van der Waals surface area (Å²) in [6.07, 6.45) is 2.03. The van der Waals surface area contributed by atoms with Crippen LogP contribution in [0.5, 0.6) is 17.4 Å². The number of hydrogen-bond donors (Lipinski definition) is 0. The van der Waals surface area contributed by atoms with E-state index in [0.29, 0.717) is 18.1 Å². The highest BCUT2D eigenvalue weighted by Gasteiger charge is 2.11. The summed E-state index contributed by atoms with van der Waals surface area (Å²) in [5, 5.41) is 0. The van der Waals surface area contributed by atoms with Crippen LogP contribution in [0, 0.1) is 0 Å². The van der Waals surface area contributed by atoms with E-state index in [1.165, 1.54) is 12.1 Å². The third kappa shape index (κ3) is 4.34. The standard InChI is InChI=1S/C14H14ClNO4S/c1-2-9-19-12-5-3-4-6-13(12)20-14-8-7-11(10-16-14)21(15,17)18/h3-8,10H,2,9H2,1H3. The van der Waals surface area contributed by atoms with Crippen LogP contribution in [-0.4, -0.2) is 20.0 Å². The quantitative estimate of drug-likeness (QED) is 0.758. The number of ether oxygens (including phenoxy) is 2. The molecule has 1 aromatic heterocycles. The summed E-state index contributed by atoms with van der Waals surface area (Å²) in [6.45, 7) is 2.59. The molecule has 0 spiro atoms. The van der Waals surface area contributed by atoms with Crippen molar-refractivity contribution in [3.63, 3.8) is 0 Å². The van der Waals surface area contributed by atoms with E-state index < -0.39 is 9.05 Å². The Morgan fingerprint density at radius 2 is 1.86 bits per heavy atom. The predicted molar refractivity (Wildman–Crippen MR) is 79.6 cm³/mol. The molecule has 0 aliphatic carbocycles. The average molecular weight is 328 g/mol. The summed E-state index contributed by atoms with van der Waals surface area (Å²) in [5.41, 5.74) is 0. The molecule has 1 aromatic carbocycles. The van der Waals surface area contributed by atoms with Crippen LogP contribution in [0.15, 0.2) is 47.5 Å². The Morgan fingerprint density at radius 1 is 1.14 bits per heavy atom. The third-order valence-electron chi connectivity index (χ3n) is 2.52. The molecule has 21 heavy (non-hydrogen) atoms. The summed E-state index contributed by atoms with van der Waals surface area (Å²) >= 11 is 0. The highest BCUT2D eigenvalue weighted by molar-refractivity contribution is 8.13. The molecule has 0 fully saturated rings. The topological polar surface area (TPSA) is 65.5 Å². The van der Waals surface area contributed by atoms with Gasteiger partial charge in [0.2, 0.25) is 5.88 Å². The van der Waals surface area contributed by atoms with Gasteiger partial charge in [0, 0.05) is 16.7 Å². The van der Waals surface area contributed by atoms with Gasteiger partial charge in [0.1, 0.15) is 4.90 Å². The number of para-hydroxylation sites is 2. The molecule has 0 atom stereocenters. The number of pyridine rings is 1. The lowest BCUT2D eigenvalue weighted by Gasteiger charge is -2.11. The second kappa shape index (κ2) is 6.78.